The Bertz CT molecular complexity index is 990. The van der Waals surface area contributed by atoms with Crippen molar-refractivity contribution in [2.45, 2.75) is 19.9 Å². The second kappa shape index (κ2) is 6.67. The molecule has 0 radical (unpaired) electrons. The Hall–Kier alpha value is -3.08. The van der Waals surface area contributed by atoms with Crippen LogP contribution in [0.3, 0.4) is 0 Å². The van der Waals surface area contributed by atoms with Gasteiger partial charge >= 0.3 is 0 Å². The lowest BCUT2D eigenvalue weighted by Gasteiger charge is -2.31. The number of aryl methyl sites for hydroxylation is 1. The monoisotopic (exact) mass is 347 g/mol. The molecule has 1 aliphatic heterocycles. The topological polar surface area (TPSA) is 67.0 Å². The molecule has 2 N–H and O–H groups in total. The molecule has 2 atom stereocenters. The zero-order valence-corrected chi connectivity index (χ0v) is 14.8. The molecular weight excluding hydrogens is 326 g/mol. The number of hydrogen-bond acceptors (Lipinski definition) is 3. The molecule has 0 saturated heterocycles. The summed E-state index contributed by atoms with van der Waals surface area (Å²) in [7, 11) is 0. The highest BCUT2D eigenvalue weighted by atomic mass is 16.5. The van der Waals surface area contributed by atoms with Gasteiger partial charge in [-0.05, 0) is 30.7 Å². The number of carbonyl (C=O) groups excluding carboxylic acids is 1. The summed E-state index contributed by atoms with van der Waals surface area (Å²) in [5, 5.41) is 11.4. The molecular formula is C21H21N3O2. The van der Waals surface area contributed by atoms with Crippen molar-refractivity contribution in [1.82, 2.24) is 15.5 Å². The first-order valence-electron chi connectivity index (χ1n) is 8.77. The van der Waals surface area contributed by atoms with Gasteiger partial charge < -0.3 is 10.1 Å². The lowest BCUT2D eigenvalue weighted by molar-refractivity contribution is -0.117. The van der Waals surface area contributed by atoms with Gasteiger partial charge in [0.15, 0.2) is 0 Å². The van der Waals surface area contributed by atoms with Gasteiger partial charge in [0.1, 0.15) is 5.75 Å². The van der Waals surface area contributed by atoms with E-state index in [1.807, 2.05) is 55.5 Å². The number of fused-ring (bicyclic) bond motifs is 2. The Morgan fingerprint density at radius 2 is 2.15 bits per heavy atom. The normalized spacial score (nSPS) is 19.3. The Kier molecular flexibility index (Phi) is 4.21. The number of amides is 1. The number of carbonyl (C=O) groups is 1. The van der Waals surface area contributed by atoms with E-state index in [4.69, 9.17) is 4.74 Å². The van der Waals surface area contributed by atoms with Crippen LogP contribution in [0.5, 0.6) is 5.75 Å². The van der Waals surface area contributed by atoms with Gasteiger partial charge in [0.25, 0.3) is 0 Å². The standard InChI is InChI=1S/C21H21N3O2/c1-13-12-26-19-6-4-3-5-17(19)21(13)22-20(25)10-8-15-7-9-16-14(2)23-24-18(16)11-15/h3-11,13,21H,12H2,1-2H3,(H,22,25)(H,23,24)/b10-8+/t13-,21+/m0/s1. The Balaban J connectivity index is 1.50. The molecule has 0 spiro atoms. The number of para-hydroxylation sites is 1. The van der Waals surface area contributed by atoms with Crippen molar-refractivity contribution >= 4 is 22.9 Å². The van der Waals surface area contributed by atoms with E-state index in [0.29, 0.717) is 6.61 Å². The highest BCUT2D eigenvalue weighted by Crippen LogP contribution is 2.34. The smallest absolute Gasteiger partial charge is 0.244 e. The first-order chi connectivity index (χ1) is 12.6. The van der Waals surface area contributed by atoms with Crippen molar-refractivity contribution in [2.75, 3.05) is 6.61 Å². The van der Waals surface area contributed by atoms with Gasteiger partial charge in [0.2, 0.25) is 5.91 Å². The lowest BCUT2D eigenvalue weighted by Crippen LogP contribution is -2.36. The van der Waals surface area contributed by atoms with E-state index in [2.05, 4.69) is 22.4 Å². The van der Waals surface area contributed by atoms with Crippen molar-refractivity contribution in [3.63, 3.8) is 0 Å². The number of hydrogen-bond donors (Lipinski definition) is 2. The lowest BCUT2D eigenvalue weighted by atomic mass is 9.92. The Labute approximate surface area is 152 Å². The zero-order valence-electron chi connectivity index (χ0n) is 14.8. The van der Waals surface area contributed by atoms with Gasteiger partial charge in [-0.1, -0.05) is 37.3 Å². The van der Waals surface area contributed by atoms with Crippen LogP contribution in [0.2, 0.25) is 0 Å². The summed E-state index contributed by atoms with van der Waals surface area (Å²) >= 11 is 0. The molecule has 0 bridgehead atoms. The second-order valence-corrected chi connectivity index (χ2v) is 6.77. The zero-order chi connectivity index (χ0) is 18.1. The van der Waals surface area contributed by atoms with Crippen LogP contribution in [0.1, 0.15) is 29.8 Å². The van der Waals surface area contributed by atoms with Crippen molar-refractivity contribution in [3.05, 3.63) is 65.4 Å². The van der Waals surface area contributed by atoms with Crippen LogP contribution in [0.25, 0.3) is 17.0 Å². The quantitative estimate of drug-likeness (QED) is 0.709. The molecule has 4 rings (SSSR count). The van der Waals surface area contributed by atoms with Crippen molar-refractivity contribution in [3.8, 4) is 5.75 Å². The SMILES string of the molecule is Cc1[nH]nc2cc(/C=C/C(=O)N[C@H]3c4ccccc4OC[C@@H]3C)ccc12. The summed E-state index contributed by atoms with van der Waals surface area (Å²) in [6.07, 6.45) is 3.39. The molecule has 5 heteroatoms. The maximum Gasteiger partial charge on any atom is 0.244 e. The number of nitrogens with one attached hydrogen (secondary N) is 2. The first kappa shape index (κ1) is 16.4. The molecule has 132 valence electrons. The molecule has 0 unspecified atom stereocenters. The molecule has 1 aromatic heterocycles. The Morgan fingerprint density at radius 3 is 3.04 bits per heavy atom. The van der Waals surface area contributed by atoms with Gasteiger partial charge in [0.05, 0.1) is 18.2 Å². The van der Waals surface area contributed by atoms with Gasteiger partial charge in [-0.25, -0.2) is 0 Å². The fourth-order valence-electron chi connectivity index (χ4n) is 3.35. The molecule has 1 amide bonds. The number of aromatic nitrogens is 2. The van der Waals surface area contributed by atoms with Crippen LogP contribution < -0.4 is 10.1 Å². The molecule has 0 fully saturated rings. The van der Waals surface area contributed by atoms with E-state index < -0.39 is 0 Å². The van der Waals surface area contributed by atoms with E-state index >= 15 is 0 Å². The van der Waals surface area contributed by atoms with Crippen LogP contribution >= 0.6 is 0 Å². The van der Waals surface area contributed by atoms with Crippen molar-refractivity contribution in [1.29, 1.82) is 0 Å². The maximum absolute atomic E-state index is 12.4. The van der Waals surface area contributed by atoms with Crippen LogP contribution in [-0.2, 0) is 4.79 Å². The molecule has 26 heavy (non-hydrogen) atoms. The minimum absolute atomic E-state index is 0.0476. The third-order valence-electron chi connectivity index (χ3n) is 4.82. The average molecular weight is 347 g/mol. The summed E-state index contributed by atoms with van der Waals surface area (Å²) in [6.45, 7) is 4.67. The molecule has 2 heterocycles. The van der Waals surface area contributed by atoms with E-state index in [-0.39, 0.29) is 17.9 Å². The fourth-order valence-corrected chi connectivity index (χ4v) is 3.35. The van der Waals surface area contributed by atoms with Crippen LogP contribution in [0.4, 0.5) is 0 Å². The first-order valence-corrected chi connectivity index (χ1v) is 8.77. The molecule has 5 nitrogen and oxygen atoms in total. The molecule has 2 aromatic carbocycles. The minimum atomic E-state index is -0.114. The molecule has 0 aliphatic carbocycles. The summed E-state index contributed by atoms with van der Waals surface area (Å²) in [6, 6.07) is 13.8. The summed E-state index contributed by atoms with van der Waals surface area (Å²) in [5.41, 5.74) is 3.92. The van der Waals surface area contributed by atoms with E-state index in [0.717, 1.165) is 33.5 Å². The number of ether oxygens (including phenoxy) is 1. The van der Waals surface area contributed by atoms with Crippen LogP contribution in [0, 0.1) is 12.8 Å². The van der Waals surface area contributed by atoms with Crippen molar-refractivity contribution < 1.29 is 9.53 Å². The third-order valence-corrected chi connectivity index (χ3v) is 4.82. The third kappa shape index (κ3) is 3.08. The number of H-pyrrole nitrogens is 1. The predicted octanol–water partition coefficient (Wildman–Crippen LogP) is 3.77. The van der Waals surface area contributed by atoms with Gasteiger partial charge in [-0.2, -0.15) is 5.10 Å². The van der Waals surface area contributed by atoms with Gasteiger partial charge in [-0.3, -0.25) is 9.89 Å². The largest absolute Gasteiger partial charge is 0.493 e. The van der Waals surface area contributed by atoms with E-state index in [1.54, 1.807) is 6.08 Å². The molecule has 1 aliphatic rings. The highest BCUT2D eigenvalue weighted by Gasteiger charge is 2.28. The average Bonchev–Trinajstić information content (AvgIpc) is 3.03. The van der Waals surface area contributed by atoms with Gasteiger partial charge in [0, 0.05) is 28.6 Å². The summed E-state index contributed by atoms with van der Waals surface area (Å²) < 4.78 is 5.74. The molecule has 0 saturated carbocycles. The Morgan fingerprint density at radius 1 is 1.31 bits per heavy atom. The van der Waals surface area contributed by atoms with Gasteiger partial charge in [-0.15, -0.1) is 0 Å². The molecule has 3 aromatic rings. The maximum atomic E-state index is 12.4. The summed E-state index contributed by atoms with van der Waals surface area (Å²) in [5.74, 6) is 0.946. The predicted molar refractivity (Wildman–Crippen MR) is 102 cm³/mol. The highest BCUT2D eigenvalue weighted by molar-refractivity contribution is 5.93. The van der Waals surface area contributed by atoms with Crippen LogP contribution in [-0.4, -0.2) is 22.7 Å². The van der Waals surface area contributed by atoms with E-state index in [1.165, 1.54) is 0 Å². The second-order valence-electron chi connectivity index (χ2n) is 6.77. The summed E-state index contributed by atoms with van der Waals surface area (Å²) in [4.78, 5) is 12.4. The number of aromatic amines is 1. The number of rotatable bonds is 3. The number of benzene rings is 2. The van der Waals surface area contributed by atoms with Crippen molar-refractivity contribution in [2.24, 2.45) is 5.92 Å². The fraction of sp³-hybridized carbons (Fsp3) is 0.238. The van der Waals surface area contributed by atoms with E-state index in [9.17, 15) is 4.79 Å². The minimum Gasteiger partial charge on any atom is -0.493 e. The number of nitrogens with zero attached hydrogens (tertiary/aromatic N) is 1. The van der Waals surface area contributed by atoms with Crippen LogP contribution in [0.15, 0.2) is 48.5 Å².